The zero-order valence-electron chi connectivity index (χ0n) is 19.4. The number of fused-ring (bicyclic) bond motifs is 2. The van der Waals surface area contributed by atoms with Gasteiger partial charge < -0.3 is 30.5 Å². The maximum atomic E-state index is 15.1. The highest BCUT2D eigenvalue weighted by molar-refractivity contribution is 6.28. The maximum Gasteiger partial charge on any atom is 0.348 e. The van der Waals surface area contributed by atoms with Crippen LogP contribution in [0.2, 0.25) is 5.28 Å². The van der Waals surface area contributed by atoms with Gasteiger partial charge in [0.1, 0.15) is 17.7 Å². The second-order valence-corrected chi connectivity index (χ2v) is 9.15. The number of nitrogen functional groups attached to an aromatic ring is 1. The predicted molar refractivity (Wildman–Crippen MR) is 131 cm³/mol. The van der Waals surface area contributed by atoms with E-state index in [1.165, 1.54) is 6.33 Å². The molecule has 3 heterocycles. The van der Waals surface area contributed by atoms with Gasteiger partial charge >= 0.3 is 11.9 Å². The molecule has 0 amide bonds. The molecule has 198 valence electrons. The van der Waals surface area contributed by atoms with Crippen LogP contribution in [0.15, 0.2) is 48.8 Å². The van der Waals surface area contributed by atoms with Gasteiger partial charge in [-0.3, -0.25) is 4.57 Å². The normalized spacial score (nSPS) is 21.8. The van der Waals surface area contributed by atoms with Gasteiger partial charge in [0.25, 0.3) is 5.60 Å². The molecule has 5 N–H and O–H groups in total. The first-order valence-corrected chi connectivity index (χ1v) is 11.7. The lowest BCUT2D eigenvalue weighted by Gasteiger charge is -2.27. The van der Waals surface area contributed by atoms with E-state index in [-0.39, 0.29) is 22.3 Å². The molecule has 14 heteroatoms. The number of nitrogens with zero attached hydrogens (tertiary/aromatic N) is 4. The first kappa shape index (κ1) is 25.7. The molecule has 1 fully saturated rings. The summed E-state index contributed by atoms with van der Waals surface area (Å²) < 4.78 is 27.3. The SMILES string of the molecule is Nc1nc(Cl)nc2c1ncn2C1O[C@H](COC(Cc2ccc3ccccc3c2)(C(=O)O)C(=O)O)[C@@H](O)[C@@H]1F. The molecule has 2 aromatic heterocycles. The van der Waals surface area contributed by atoms with E-state index in [1.54, 1.807) is 30.3 Å². The highest BCUT2D eigenvalue weighted by atomic mass is 35.5. The van der Waals surface area contributed by atoms with Gasteiger partial charge in [0, 0.05) is 6.42 Å². The molecular formula is C24H21ClFN5O7. The van der Waals surface area contributed by atoms with Gasteiger partial charge in [-0.2, -0.15) is 9.97 Å². The highest BCUT2D eigenvalue weighted by Crippen LogP contribution is 2.35. The highest BCUT2D eigenvalue weighted by Gasteiger charge is 2.52. The first-order chi connectivity index (χ1) is 18.1. The summed E-state index contributed by atoms with van der Waals surface area (Å²) in [6, 6.07) is 12.3. The number of aliphatic hydroxyl groups is 1. The zero-order chi connectivity index (χ0) is 27.2. The number of aromatic nitrogens is 4. The Morgan fingerprint density at radius 2 is 1.87 bits per heavy atom. The summed E-state index contributed by atoms with van der Waals surface area (Å²) in [5.74, 6) is -3.57. The minimum atomic E-state index is -2.73. The summed E-state index contributed by atoms with van der Waals surface area (Å²) >= 11 is 5.85. The smallest absolute Gasteiger partial charge is 0.348 e. The number of halogens is 2. The number of ether oxygens (including phenoxy) is 2. The van der Waals surface area contributed by atoms with Crippen LogP contribution in [0.4, 0.5) is 10.2 Å². The molecule has 2 aromatic carbocycles. The standard InChI is InChI=1S/C24H21ClFN5O7/c25-23-29-18(27)16-19(30-23)31(10-28-16)20-15(26)17(32)14(38-20)9-37-24(21(33)34,22(35)36)8-11-5-6-12-3-1-2-4-13(12)7-11/h1-7,10,14-15,17,20,32H,8-9H2,(H,33,34)(H,35,36)(H2,27,29,30)/t14-,15+,17-,20?/m1/s1. The average Bonchev–Trinajstić information content (AvgIpc) is 3.42. The Balaban J connectivity index is 1.39. The molecule has 0 saturated carbocycles. The van der Waals surface area contributed by atoms with Crippen LogP contribution in [0.25, 0.3) is 21.9 Å². The molecule has 1 aliphatic rings. The van der Waals surface area contributed by atoms with E-state index in [0.29, 0.717) is 5.56 Å². The number of aliphatic carboxylic acids is 2. The van der Waals surface area contributed by atoms with Crippen molar-refractivity contribution in [3.05, 3.63) is 59.6 Å². The van der Waals surface area contributed by atoms with Gasteiger partial charge in [-0.1, -0.05) is 42.5 Å². The van der Waals surface area contributed by atoms with Crippen molar-refractivity contribution in [2.75, 3.05) is 12.3 Å². The lowest BCUT2D eigenvalue weighted by atomic mass is 9.92. The van der Waals surface area contributed by atoms with Crippen molar-refractivity contribution in [1.82, 2.24) is 19.5 Å². The summed E-state index contributed by atoms with van der Waals surface area (Å²) in [5, 5.41) is 31.7. The van der Waals surface area contributed by atoms with Crippen LogP contribution in [0.3, 0.4) is 0 Å². The second kappa shape index (κ2) is 9.76. The molecule has 12 nitrogen and oxygen atoms in total. The van der Waals surface area contributed by atoms with Crippen molar-refractivity contribution in [2.24, 2.45) is 0 Å². The molecule has 1 unspecified atom stereocenters. The molecule has 1 aliphatic heterocycles. The van der Waals surface area contributed by atoms with Gasteiger partial charge in [-0.15, -0.1) is 0 Å². The van der Waals surface area contributed by atoms with Crippen molar-refractivity contribution in [3.63, 3.8) is 0 Å². The summed E-state index contributed by atoms with van der Waals surface area (Å²) in [6.45, 7) is -0.741. The summed E-state index contributed by atoms with van der Waals surface area (Å²) in [5.41, 5.74) is 3.62. The number of benzene rings is 2. The average molecular weight is 546 g/mol. The third-order valence-electron chi connectivity index (χ3n) is 6.44. The van der Waals surface area contributed by atoms with Gasteiger partial charge in [0.15, 0.2) is 23.9 Å². The number of rotatable bonds is 8. The van der Waals surface area contributed by atoms with Crippen LogP contribution in [0, 0.1) is 0 Å². The van der Waals surface area contributed by atoms with Crippen LogP contribution in [0.5, 0.6) is 0 Å². The number of hydrogen-bond acceptors (Lipinski definition) is 9. The first-order valence-electron chi connectivity index (χ1n) is 11.3. The third kappa shape index (κ3) is 4.39. The quantitative estimate of drug-likeness (QED) is 0.187. The van der Waals surface area contributed by atoms with Gasteiger partial charge in [-0.25, -0.2) is 19.0 Å². The number of imidazole rings is 1. The molecule has 0 spiro atoms. The minimum absolute atomic E-state index is 0.0469. The second-order valence-electron chi connectivity index (χ2n) is 8.81. The number of carboxylic acid groups (broad SMARTS) is 2. The molecule has 4 atom stereocenters. The number of nitrogens with two attached hydrogens (primary N) is 1. The Morgan fingerprint density at radius 1 is 1.16 bits per heavy atom. The molecular weight excluding hydrogens is 525 g/mol. The summed E-state index contributed by atoms with van der Waals surface area (Å²) in [6.07, 6.45) is -6.05. The van der Waals surface area contributed by atoms with Crippen LogP contribution in [-0.2, 0) is 25.5 Å². The van der Waals surface area contributed by atoms with E-state index in [9.17, 15) is 24.9 Å². The molecule has 0 radical (unpaired) electrons. The van der Waals surface area contributed by atoms with Crippen molar-refractivity contribution >= 4 is 51.3 Å². The Kier molecular flexibility index (Phi) is 6.61. The molecule has 5 rings (SSSR count). The van der Waals surface area contributed by atoms with Crippen LogP contribution < -0.4 is 5.73 Å². The Morgan fingerprint density at radius 3 is 2.58 bits per heavy atom. The maximum absolute atomic E-state index is 15.1. The Labute approximate surface area is 218 Å². The molecule has 4 aromatic rings. The van der Waals surface area contributed by atoms with Gasteiger partial charge in [0.2, 0.25) is 5.28 Å². The van der Waals surface area contributed by atoms with Gasteiger partial charge in [0.05, 0.1) is 12.9 Å². The number of aliphatic hydroxyl groups excluding tert-OH is 1. The fourth-order valence-corrected chi connectivity index (χ4v) is 4.61. The molecule has 0 aliphatic carbocycles. The minimum Gasteiger partial charge on any atom is -0.479 e. The van der Waals surface area contributed by atoms with E-state index in [0.717, 1.165) is 15.3 Å². The van der Waals surface area contributed by atoms with Crippen molar-refractivity contribution < 1.29 is 38.8 Å². The monoisotopic (exact) mass is 545 g/mol. The number of hydrogen-bond donors (Lipinski definition) is 4. The fraction of sp³-hybridized carbons (Fsp3) is 0.292. The lowest BCUT2D eigenvalue weighted by Crippen LogP contribution is -2.52. The van der Waals surface area contributed by atoms with Gasteiger partial charge in [-0.05, 0) is 27.9 Å². The van der Waals surface area contributed by atoms with E-state index in [4.69, 9.17) is 26.8 Å². The number of carbonyl (C=O) groups is 2. The summed E-state index contributed by atoms with van der Waals surface area (Å²) in [4.78, 5) is 36.2. The predicted octanol–water partition coefficient (Wildman–Crippen LogP) is 1.98. The lowest BCUT2D eigenvalue weighted by molar-refractivity contribution is -0.189. The fourth-order valence-electron chi connectivity index (χ4n) is 4.44. The number of carboxylic acids is 2. The van der Waals surface area contributed by atoms with E-state index >= 15 is 4.39 Å². The van der Waals surface area contributed by atoms with E-state index in [1.807, 2.05) is 12.1 Å². The van der Waals surface area contributed by atoms with Crippen molar-refractivity contribution in [1.29, 1.82) is 0 Å². The largest absolute Gasteiger partial charge is 0.479 e. The molecule has 1 saturated heterocycles. The van der Waals surface area contributed by atoms with Crippen LogP contribution in [0.1, 0.15) is 11.8 Å². The number of anilines is 1. The molecule has 38 heavy (non-hydrogen) atoms. The van der Waals surface area contributed by atoms with Crippen LogP contribution >= 0.6 is 11.6 Å². The topological polar surface area (TPSA) is 183 Å². The number of alkyl halides is 1. The zero-order valence-corrected chi connectivity index (χ0v) is 20.2. The Bertz CT molecular complexity index is 1540. The van der Waals surface area contributed by atoms with Crippen molar-refractivity contribution in [2.45, 2.75) is 36.6 Å². The van der Waals surface area contributed by atoms with E-state index < -0.39 is 55.2 Å². The summed E-state index contributed by atoms with van der Waals surface area (Å²) in [7, 11) is 0. The van der Waals surface area contributed by atoms with Crippen molar-refractivity contribution in [3.8, 4) is 0 Å². The molecule has 0 bridgehead atoms. The third-order valence-corrected chi connectivity index (χ3v) is 6.61. The van der Waals surface area contributed by atoms with Crippen LogP contribution in [-0.4, -0.2) is 77.4 Å². The Hall–Kier alpha value is -3.91. The van der Waals surface area contributed by atoms with E-state index in [2.05, 4.69) is 15.0 Å².